The third-order valence-corrected chi connectivity index (χ3v) is 5.02. The van der Waals surface area contributed by atoms with E-state index in [2.05, 4.69) is 28.1 Å². The number of benzene rings is 1. The first-order valence-electron chi connectivity index (χ1n) is 9.08. The summed E-state index contributed by atoms with van der Waals surface area (Å²) in [6, 6.07) is 8.13. The SMILES string of the molecule is COCCN1CC(c2ncc(-c3cnn(-c4ccccc4C)c3)[nH]2)CC1=O. The lowest BCUT2D eigenvalue weighted by molar-refractivity contribution is -0.128. The molecule has 4 rings (SSSR count). The van der Waals surface area contributed by atoms with Crippen molar-refractivity contribution in [2.24, 2.45) is 0 Å². The van der Waals surface area contributed by atoms with Gasteiger partial charge in [0.1, 0.15) is 5.82 Å². The van der Waals surface area contributed by atoms with Crippen molar-refractivity contribution in [2.75, 3.05) is 26.8 Å². The van der Waals surface area contributed by atoms with Crippen LogP contribution in [0.2, 0.25) is 0 Å². The summed E-state index contributed by atoms with van der Waals surface area (Å²) in [6.45, 7) is 3.93. The first-order valence-corrected chi connectivity index (χ1v) is 9.08. The summed E-state index contributed by atoms with van der Waals surface area (Å²) in [6.07, 6.45) is 6.12. The molecule has 140 valence electrons. The number of carbonyl (C=O) groups is 1. The zero-order chi connectivity index (χ0) is 18.8. The van der Waals surface area contributed by atoms with Gasteiger partial charge in [-0.1, -0.05) is 18.2 Å². The van der Waals surface area contributed by atoms with Gasteiger partial charge in [0.25, 0.3) is 0 Å². The topological polar surface area (TPSA) is 76.0 Å². The Morgan fingerprint density at radius 3 is 2.96 bits per heavy atom. The number of amides is 1. The van der Waals surface area contributed by atoms with E-state index in [4.69, 9.17) is 4.74 Å². The number of aromatic amines is 1. The summed E-state index contributed by atoms with van der Waals surface area (Å²) < 4.78 is 6.95. The first-order chi connectivity index (χ1) is 13.2. The number of nitrogens with one attached hydrogen (secondary N) is 1. The first kappa shape index (κ1) is 17.5. The molecule has 1 aliphatic rings. The summed E-state index contributed by atoms with van der Waals surface area (Å²) in [5, 5.41) is 4.48. The molecule has 0 spiro atoms. The molecule has 3 heterocycles. The van der Waals surface area contributed by atoms with Gasteiger partial charge in [-0.2, -0.15) is 5.10 Å². The third kappa shape index (κ3) is 3.50. The molecule has 3 aromatic rings. The van der Waals surface area contributed by atoms with E-state index in [9.17, 15) is 4.79 Å². The van der Waals surface area contributed by atoms with Gasteiger partial charge in [-0.15, -0.1) is 0 Å². The second-order valence-corrected chi connectivity index (χ2v) is 6.88. The molecule has 2 aromatic heterocycles. The van der Waals surface area contributed by atoms with Crippen molar-refractivity contribution in [3.63, 3.8) is 0 Å². The molecule has 0 radical (unpaired) electrons. The van der Waals surface area contributed by atoms with E-state index in [0.29, 0.717) is 26.1 Å². The number of nitrogens with zero attached hydrogens (tertiary/aromatic N) is 4. The predicted octanol–water partition coefficient (Wildman–Crippen LogP) is 2.53. The second kappa shape index (κ2) is 7.36. The molecular formula is C20H23N5O2. The number of hydrogen-bond donors (Lipinski definition) is 1. The summed E-state index contributed by atoms with van der Waals surface area (Å²) >= 11 is 0. The quantitative estimate of drug-likeness (QED) is 0.728. The van der Waals surface area contributed by atoms with Gasteiger partial charge in [-0.3, -0.25) is 4.79 Å². The monoisotopic (exact) mass is 365 g/mol. The Balaban J connectivity index is 1.51. The largest absolute Gasteiger partial charge is 0.383 e. The fourth-order valence-electron chi connectivity index (χ4n) is 3.48. The minimum atomic E-state index is 0.0921. The molecular weight excluding hydrogens is 342 g/mol. The van der Waals surface area contributed by atoms with Gasteiger partial charge in [-0.05, 0) is 18.6 Å². The van der Waals surface area contributed by atoms with E-state index in [-0.39, 0.29) is 11.8 Å². The summed E-state index contributed by atoms with van der Waals surface area (Å²) in [5.41, 5.74) is 4.10. The van der Waals surface area contributed by atoms with E-state index in [0.717, 1.165) is 28.3 Å². The van der Waals surface area contributed by atoms with Crippen LogP contribution in [-0.2, 0) is 9.53 Å². The Hall–Kier alpha value is -2.93. The highest BCUT2D eigenvalue weighted by Gasteiger charge is 2.32. The van der Waals surface area contributed by atoms with Crippen LogP contribution in [0.5, 0.6) is 0 Å². The van der Waals surface area contributed by atoms with Crippen molar-refractivity contribution in [1.29, 1.82) is 0 Å². The normalized spacial score (nSPS) is 17.0. The number of aromatic nitrogens is 4. The molecule has 1 atom stereocenters. The molecule has 1 fully saturated rings. The molecule has 1 unspecified atom stereocenters. The maximum atomic E-state index is 12.1. The van der Waals surface area contributed by atoms with Crippen LogP contribution < -0.4 is 0 Å². The van der Waals surface area contributed by atoms with Gasteiger partial charge < -0.3 is 14.6 Å². The van der Waals surface area contributed by atoms with Gasteiger partial charge in [0.05, 0.1) is 30.4 Å². The molecule has 1 N–H and O–H groups in total. The molecule has 0 aliphatic carbocycles. The molecule has 1 aliphatic heterocycles. The van der Waals surface area contributed by atoms with Gasteiger partial charge in [-0.25, -0.2) is 9.67 Å². The molecule has 1 saturated heterocycles. The molecule has 0 bridgehead atoms. The Labute approximate surface area is 158 Å². The van der Waals surface area contributed by atoms with E-state index in [1.807, 2.05) is 46.4 Å². The summed E-state index contributed by atoms with van der Waals surface area (Å²) in [7, 11) is 1.65. The van der Waals surface area contributed by atoms with Crippen molar-refractivity contribution < 1.29 is 9.53 Å². The number of imidazole rings is 1. The minimum Gasteiger partial charge on any atom is -0.383 e. The van der Waals surface area contributed by atoms with Gasteiger partial charge in [0, 0.05) is 44.3 Å². The van der Waals surface area contributed by atoms with Crippen LogP contribution in [0, 0.1) is 6.92 Å². The highest BCUT2D eigenvalue weighted by molar-refractivity contribution is 5.79. The Morgan fingerprint density at radius 2 is 2.15 bits per heavy atom. The smallest absolute Gasteiger partial charge is 0.223 e. The number of likely N-dealkylation sites (tertiary alicyclic amines) is 1. The fraction of sp³-hybridized carbons (Fsp3) is 0.350. The van der Waals surface area contributed by atoms with Crippen LogP contribution in [0.15, 0.2) is 42.9 Å². The Kier molecular flexibility index (Phi) is 4.77. The standard InChI is InChI=1S/C20H23N5O2/c1-14-5-3-4-6-18(14)25-13-16(10-22-25)17-11-21-20(23-17)15-9-19(26)24(12-15)7-8-27-2/h3-6,10-11,13,15H,7-9,12H2,1-2H3,(H,21,23). The molecule has 0 saturated carbocycles. The molecule has 27 heavy (non-hydrogen) atoms. The van der Waals surface area contributed by atoms with Crippen molar-refractivity contribution in [2.45, 2.75) is 19.3 Å². The van der Waals surface area contributed by atoms with Crippen LogP contribution in [0.3, 0.4) is 0 Å². The zero-order valence-electron chi connectivity index (χ0n) is 15.6. The highest BCUT2D eigenvalue weighted by atomic mass is 16.5. The second-order valence-electron chi connectivity index (χ2n) is 6.88. The maximum absolute atomic E-state index is 12.1. The number of H-pyrrole nitrogens is 1. The van der Waals surface area contributed by atoms with Crippen molar-refractivity contribution in [3.05, 3.63) is 54.2 Å². The highest BCUT2D eigenvalue weighted by Crippen LogP contribution is 2.28. The minimum absolute atomic E-state index is 0.0921. The van der Waals surface area contributed by atoms with E-state index in [1.165, 1.54) is 0 Å². The number of para-hydroxylation sites is 1. The molecule has 1 amide bonds. The lowest BCUT2D eigenvalue weighted by Crippen LogP contribution is -2.28. The Bertz CT molecular complexity index is 945. The number of aryl methyl sites for hydroxylation is 1. The zero-order valence-corrected chi connectivity index (χ0v) is 15.6. The number of carbonyl (C=O) groups excluding carboxylic acids is 1. The van der Waals surface area contributed by atoms with Crippen molar-refractivity contribution in [1.82, 2.24) is 24.6 Å². The fourth-order valence-corrected chi connectivity index (χ4v) is 3.48. The average molecular weight is 365 g/mol. The maximum Gasteiger partial charge on any atom is 0.223 e. The number of hydrogen-bond acceptors (Lipinski definition) is 4. The van der Waals surface area contributed by atoms with Crippen LogP contribution in [0.4, 0.5) is 0 Å². The van der Waals surface area contributed by atoms with Crippen molar-refractivity contribution >= 4 is 5.91 Å². The molecule has 7 nitrogen and oxygen atoms in total. The lowest BCUT2D eigenvalue weighted by atomic mass is 10.1. The third-order valence-electron chi connectivity index (χ3n) is 5.02. The van der Waals surface area contributed by atoms with Gasteiger partial charge >= 0.3 is 0 Å². The summed E-state index contributed by atoms with van der Waals surface area (Å²) in [5.74, 6) is 1.10. The average Bonchev–Trinajstić information content (AvgIpc) is 3.39. The van der Waals surface area contributed by atoms with E-state index >= 15 is 0 Å². The Morgan fingerprint density at radius 1 is 1.30 bits per heavy atom. The van der Waals surface area contributed by atoms with E-state index in [1.54, 1.807) is 7.11 Å². The molecule has 7 heteroatoms. The van der Waals surface area contributed by atoms with Gasteiger partial charge in [0.15, 0.2) is 0 Å². The summed E-state index contributed by atoms with van der Waals surface area (Å²) in [4.78, 5) is 21.9. The van der Waals surface area contributed by atoms with Crippen LogP contribution in [-0.4, -0.2) is 57.4 Å². The number of rotatable bonds is 6. The van der Waals surface area contributed by atoms with Crippen LogP contribution in [0.1, 0.15) is 23.7 Å². The van der Waals surface area contributed by atoms with Crippen LogP contribution in [0.25, 0.3) is 16.9 Å². The number of methoxy groups -OCH3 is 1. The van der Waals surface area contributed by atoms with Crippen molar-refractivity contribution in [3.8, 4) is 16.9 Å². The predicted molar refractivity (Wildman–Crippen MR) is 102 cm³/mol. The van der Waals surface area contributed by atoms with Gasteiger partial charge in [0.2, 0.25) is 5.91 Å². The molecule has 1 aromatic carbocycles. The van der Waals surface area contributed by atoms with Crippen LogP contribution >= 0.6 is 0 Å². The lowest BCUT2D eigenvalue weighted by Gasteiger charge is -2.15. The number of ether oxygens (including phenoxy) is 1. The van der Waals surface area contributed by atoms with E-state index < -0.39 is 0 Å².